The van der Waals surface area contributed by atoms with Gasteiger partial charge in [-0.2, -0.15) is 11.8 Å². The third-order valence-electron chi connectivity index (χ3n) is 2.00. The van der Waals surface area contributed by atoms with Crippen LogP contribution in [-0.2, 0) is 6.42 Å². The largest absolute Gasteiger partial charge is 0.327 e. The van der Waals surface area contributed by atoms with E-state index < -0.39 is 0 Å². The van der Waals surface area contributed by atoms with Gasteiger partial charge in [-0.05, 0) is 6.26 Å². The van der Waals surface area contributed by atoms with Gasteiger partial charge in [0.05, 0.1) is 5.69 Å². The summed E-state index contributed by atoms with van der Waals surface area (Å²) in [5.41, 5.74) is 7.04. The summed E-state index contributed by atoms with van der Waals surface area (Å²) in [6.45, 7) is 0. The molecule has 0 aliphatic heterocycles. The van der Waals surface area contributed by atoms with E-state index in [0.717, 1.165) is 22.8 Å². The molecule has 2 heterocycles. The van der Waals surface area contributed by atoms with Crippen LogP contribution in [0.4, 0.5) is 0 Å². The molecule has 2 aromatic heterocycles. The summed E-state index contributed by atoms with van der Waals surface area (Å²) in [6, 6.07) is 0.217. The molecule has 2 N–H and O–H groups in total. The fourth-order valence-corrected chi connectivity index (χ4v) is 2.68. The van der Waals surface area contributed by atoms with E-state index in [2.05, 4.69) is 17.4 Å². The van der Waals surface area contributed by atoms with E-state index >= 15 is 0 Å². The predicted octanol–water partition coefficient (Wildman–Crippen LogP) is 1.63. The molecule has 0 aliphatic rings. The van der Waals surface area contributed by atoms with Crippen molar-refractivity contribution < 1.29 is 0 Å². The average molecular weight is 227 g/mol. The minimum atomic E-state index is 0.217. The van der Waals surface area contributed by atoms with Gasteiger partial charge in [-0.1, -0.05) is 0 Å². The molecule has 0 saturated heterocycles. The first-order chi connectivity index (χ1) is 6.79. The Bertz CT molecular complexity index is 378. The van der Waals surface area contributed by atoms with Gasteiger partial charge < -0.3 is 5.73 Å². The third kappa shape index (κ3) is 2.10. The third-order valence-corrected chi connectivity index (χ3v) is 3.53. The standard InChI is InChI=1S/C9H13N3S2/c1-13-6-7(10)4-8-5-12-2-3-14-9(12)11-8/h2-3,5,7H,4,6,10H2,1H3. The van der Waals surface area contributed by atoms with E-state index in [1.165, 1.54) is 0 Å². The van der Waals surface area contributed by atoms with Crippen molar-refractivity contribution in [1.82, 2.24) is 9.38 Å². The van der Waals surface area contributed by atoms with Crippen LogP contribution in [0.25, 0.3) is 4.96 Å². The van der Waals surface area contributed by atoms with Crippen LogP contribution in [0.1, 0.15) is 5.69 Å². The van der Waals surface area contributed by atoms with Crippen LogP contribution >= 0.6 is 23.1 Å². The number of nitrogens with zero attached hydrogens (tertiary/aromatic N) is 2. The highest BCUT2D eigenvalue weighted by atomic mass is 32.2. The van der Waals surface area contributed by atoms with Gasteiger partial charge in [0.2, 0.25) is 0 Å². The summed E-state index contributed by atoms with van der Waals surface area (Å²) in [6.07, 6.45) is 7.03. The fourth-order valence-electron chi connectivity index (χ4n) is 1.42. The monoisotopic (exact) mass is 227 g/mol. The quantitative estimate of drug-likeness (QED) is 0.863. The van der Waals surface area contributed by atoms with Gasteiger partial charge in [0.25, 0.3) is 0 Å². The molecule has 0 aliphatic carbocycles. The molecule has 1 atom stereocenters. The van der Waals surface area contributed by atoms with Gasteiger partial charge in [0.15, 0.2) is 4.96 Å². The van der Waals surface area contributed by atoms with Crippen LogP contribution in [-0.4, -0.2) is 27.4 Å². The SMILES string of the molecule is CSCC(N)Cc1cn2ccsc2n1. The first-order valence-corrected chi connectivity index (χ1v) is 6.72. The second-order valence-corrected chi connectivity index (χ2v) is 5.03. The normalized spacial score (nSPS) is 13.6. The lowest BCUT2D eigenvalue weighted by Crippen LogP contribution is -2.25. The Balaban J connectivity index is 2.08. The van der Waals surface area contributed by atoms with Crippen molar-refractivity contribution in [2.75, 3.05) is 12.0 Å². The summed E-state index contributed by atoms with van der Waals surface area (Å²) in [5.74, 6) is 0.991. The number of hydrogen-bond donors (Lipinski definition) is 1. The molecule has 3 nitrogen and oxygen atoms in total. The smallest absolute Gasteiger partial charge is 0.193 e. The minimum Gasteiger partial charge on any atom is -0.327 e. The van der Waals surface area contributed by atoms with Crippen LogP contribution in [0.2, 0.25) is 0 Å². The van der Waals surface area contributed by atoms with Crippen molar-refractivity contribution >= 4 is 28.1 Å². The van der Waals surface area contributed by atoms with Crippen molar-refractivity contribution in [2.45, 2.75) is 12.5 Å². The molecular weight excluding hydrogens is 214 g/mol. The maximum Gasteiger partial charge on any atom is 0.193 e. The molecular formula is C9H13N3S2. The summed E-state index contributed by atoms with van der Waals surface area (Å²) < 4.78 is 2.05. The Hall–Kier alpha value is -0.520. The number of fused-ring (bicyclic) bond motifs is 1. The first-order valence-electron chi connectivity index (χ1n) is 4.45. The Morgan fingerprint density at radius 1 is 1.71 bits per heavy atom. The van der Waals surface area contributed by atoms with Crippen molar-refractivity contribution in [2.24, 2.45) is 5.73 Å². The van der Waals surface area contributed by atoms with Crippen LogP contribution < -0.4 is 5.73 Å². The van der Waals surface area contributed by atoms with Gasteiger partial charge in [-0.25, -0.2) is 4.98 Å². The lowest BCUT2D eigenvalue weighted by molar-refractivity contribution is 0.737. The molecule has 0 radical (unpaired) electrons. The van der Waals surface area contributed by atoms with E-state index in [0.29, 0.717) is 0 Å². The molecule has 2 aromatic rings. The highest BCUT2D eigenvalue weighted by molar-refractivity contribution is 7.98. The van der Waals surface area contributed by atoms with Crippen molar-refractivity contribution in [3.63, 3.8) is 0 Å². The van der Waals surface area contributed by atoms with Gasteiger partial charge in [-0.3, -0.25) is 4.40 Å². The van der Waals surface area contributed by atoms with Crippen molar-refractivity contribution in [3.05, 3.63) is 23.5 Å². The van der Waals surface area contributed by atoms with E-state index in [4.69, 9.17) is 5.73 Å². The second-order valence-electron chi connectivity index (χ2n) is 3.24. The summed E-state index contributed by atoms with van der Waals surface area (Å²) in [7, 11) is 0. The number of thioether (sulfide) groups is 1. The maximum absolute atomic E-state index is 5.94. The highest BCUT2D eigenvalue weighted by Gasteiger charge is 2.07. The zero-order chi connectivity index (χ0) is 9.97. The first kappa shape index (κ1) is 10.0. The molecule has 0 amide bonds. The predicted molar refractivity (Wildman–Crippen MR) is 63.1 cm³/mol. The van der Waals surface area contributed by atoms with Gasteiger partial charge >= 0.3 is 0 Å². The van der Waals surface area contributed by atoms with Crippen LogP contribution in [0, 0.1) is 0 Å². The lowest BCUT2D eigenvalue weighted by Gasteiger charge is -2.06. The van der Waals surface area contributed by atoms with E-state index in [-0.39, 0.29) is 6.04 Å². The number of thiazole rings is 1. The Kier molecular flexibility index (Phi) is 3.10. The number of hydrogen-bond acceptors (Lipinski definition) is 4. The van der Waals surface area contributed by atoms with Gasteiger partial charge in [0, 0.05) is 36.0 Å². The number of aromatic nitrogens is 2. The molecule has 0 saturated carbocycles. The van der Waals surface area contributed by atoms with Crippen molar-refractivity contribution in [3.8, 4) is 0 Å². The molecule has 1 unspecified atom stereocenters. The Labute approximate surface area is 91.3 Å². The number of nitrogens with two attached hydrogens (primary N) is 1. The Morgan fingerprint density at radius 3 is 3.29 bits per heavy atom. The average Bonchev–Trinajstić information content (AvgIpc) is 2.63. The molecule has 0 fully saturated rings. The van der Waals surface area contributed by atoms with E-state index in [9.17, 15) is 0 Å². The van der Waals surface area contributed by atoms with Crippen molar-refractivity contribution in [1.29, 1.82) is 0 Å². The minimum absolute atomic E-state index is 0.217. The summed E-state index contributed by atoms with van der Waals surface area (Å²) >= 11 is 3.44. The topological polar surface area (TPSA) is 43.3 Å². The van der Waals surface area contributed by atoms with Gasteiger partial charge in [-0.15, -0.1) is 11.3 Å². The molecule has 14 heavy (non-hydrogen) atoms. The molecule has 5 heteroatoms. The van der Waals surface area contributed by atoms with Crippen LogP contribution in [0.15, 0.2) is 17.8 Å². The maximum atomic E-state index is 5.94. The molecule has 76 valence electrons. The highest BCUT2D eigenvalue weighted by Crippen LogP contribution is 2.12. The molecule has 2 rings (SSSR count). The fraction of sp³-hybridized carbons (Fsp3) is 0.444. The van der Waals surface area contributed by atoms with Gasteiger partial charge in [0.1, 0.15) is 0 Å². The zero-order valence-corrected chi connectivity index (χ0v) is 9.64. The molecule has 0 spiro atoms. The van der Waals surface area contributed by atoms with Crippen LogP contribution in [0.5, 0.6) is 0 Å². The molecule has 0 bridgehead atoms. The zero-order valence-electron chi connectivity index (χ0n) is 8.01. The summed E-state index contributed by atoms with van der Waals surface area (Å²) in [4.78, 5) is 5.54. The Morgan fingerprint density at radius 2 is 2.57 bits per heavy atom. The number of imidazole rings is 1. The second kappa shape index (κ2) is 4.33. The lowest BCUT2D eigenvalue weighted by atomic mass is 10.2. The van der Waals surface area contributed by atoms with E-state index in [1.807, 2.05) is 16.0 Å². The van der Waals surface area contributed by atoms with E-state index in [1.54, 1.807) is 23.1 Å². The summed E-state index contributed by atoms with van der Waals surface area (Å²) in [5, 5.41) is 2.04. The number of rotatable bonds is 4. The van der Waals surface area contributed by atoms with Crippen LogP contribution in [0.3, 0.4) is 0 Å². The molecule has 0 aromatic carbocycles.